The molecule has 0 bridgehead atoms. The molecule has 2 atom stereocenters. The fourth-order valence-corrected chi connectivity index (χ4v) is 7.33. The molecule has 10 nitrogen and oxygen atoms in total. The summed E-state index contributed by atoms with van der Waals surface area (Å²) in [6.07, 6.45) is 5.04. The number of imidazole rings is 1. The number of nitrogens with zero attached hydrogens (tertiary/aromatic N) is 7. The van der Waals surface area contributed by atoms with Gasteiger partial charge < -0.3 is 38.4 Å². The SMILES string of the molecule is CCN1CCN(CC)C1=Nc1ccc(N2CCN(c3ccc(OCC4COC(Cn5ccnc5)(c5ccc(Cl)cc5Cl)O4)cc3)CC2)cc1. The summed E-state index contributed by atoms with van der Waals surface area (Å²) >= 11 is 12.8. The van der Waals surface area contributed by atoms with Gasteiger partial charge in [0.1, 0.15) is 18.5 Å². The number of likely N-dealkylation sites (N-methyl/N-ethyl adjacent to an activating group) is 2. The predicted molar refractivity (Wildman–Crippen MR) is 196 cm³/mol. The van der Waals surface area contributed by atoms with E-state index in [1.165, 1.54) is 11.4 Å². The molecule has 0 N–H and O–H groups in total. The average molecular weight is 705 g/mol. The number of aliphatic imine (C=N–C) groups is 1. The number of piperazine rings is 1. The van der Waals surface area contributed by atoms with E-state index in [1.54, 1.807) is 24.7 Å². The van der Waals surface area contributed by atoms with Crippen molar-refractivity contribution in [3.63, 3.8) is 0 Å². The van der Waals surface area contributed by atoms with Gasteiger partial charge in [-0.2, -0.15) is 0 Å². The van der Waals surface area contributed by atoms with Crippen LogP contribution < -0.4 is 14.5 Å². The highest BCUT2D eigenvalue weighted by molar-refractivity contribution is 6.35. The maximum atomic E-state index is 6.61. The lowest BCUT2D eigenvalue weighted by atomic mass is 10.1. The van der Waals surface area contributed by atoms with Crippen molar-refractivity contribution in [2.75, 3.05) is 75.4 Å². The zero-order valence-corrected chi connectivity index (χ0v) is 29.6. The molecule has 3 aliphatic rings. The Hall–Kier alpha value is -3.96. The maximum absolute atomic E-state index is 6.61. The van der Waals surface area contributed by atoms with E-state index in [0.717, 1.165) is 75.3 Å². The Morgan fingerprint density at radius 3 is 2.10 bits per heavy atom. The average Bonchev–Trinajstić information content (AvgIpc) is 3.89. The molecule has 12 heteroatoms. The van der Waals surface area contributed by atoms with E-state index in [0.29, 0.717) is 29.8 Å². The van der Waals surface area contributed by atoms with E-state index in [1.807, 2.05) is 29.0 Å². The number of anilines is 2. The highest BCUT2D eigenvalue weighted by atomic mass is 35.5. The molecule has 3 fully saturated rings. The largest absolute Gasteiger partial charge is 0.491 e. The van der Waals surface area contributed by atoms with Crippen LogP contribution in [0.2, 0.25) is 10.0 Å². The van der Waals surface area contributed by atoms with Crippen molar-refractivity contribution in [3.05, 3.63) is 101 Å². The molecule has 49 heavy (non-hydrogen) atoms. The predicted octanol–water partition coefficient (Wildman–Crippen LogP) is 6.51. The fraction of sp³-hybridized carbons (Fsp3) is 0.405. The van der Waals surface area contributed by atoms with Gasteiger partial charge in [-0.3, -0.25) is 0 Å². The Morgan fingerprint density at radius 2 is 1.51 bits per heavy atom. The minimum atomic E-state index is -1.08. The highest BCUT2D eigenvalue weighted by Crippen LogP contribution is 2.40. The number of hydrogen-bond acceptors (Lipinski definition) is 7. The van der Waals surface area contributed by atoms with Gasteiger partial charge in [0.2, 0.25) is 11.7 Å². The summed E-state index contributed by atoms with van der Waals surface area (Å²) in [5.74, 6) is 0.793. The summed E-state index contributed by atoms with van der Waals surface area (Å²) in [6, 6.07) is 22.3. The van der Waals surface area contributed by atoms with Crippen LogP contribution in [0.4, 0.5) is 17.1 Å². The van der Waals surface area contributed by atoms with Gasteiger partial charge in [0, 0.05) is 86.7 Å². The molecular formula is C37H43Cl2N7O3. The lowest BCUT2D eigenvalue weighted by Crippen LogP contribution is -2.46. The lowest BCUT2D eigenvalue weighted by Gasteiger charge is -2.37. The molecule has 4 heterocycles. The van der Waals surface area contributed by atoms with Crippen LogP contribution in [0, 0.1) is 0 Å². The molecule has 2 unspecified atom stereocenters. The molecule has 0 saturated carbocycles. The maximum Gasteiger partial charge on any atom is 0.215 e. The molecule has 3 aliphatic heterocycles. The fourth-order valence-electron chi connectivity index (χ4n) is 6.78. The first-order valence-electron chi connectivity index (χ1n) is 17.1. The molecule has 0 amide bonds. The van der Waals surface area contributed by atoms with Crippen molar-refractivity contribution in [3.8, 4) is 5.75 Å². The minimum Gasteiger partial charge on any atom is -0.491 e. The van der Waals surface area contributed by atoms with E-state index < -0.39 is 5.79 Å². The van der Waals surface area contributed by atoms with Gasteiger partial charge >= 0.3 is 0 Å². The molecule has 7 rings (SSSR count). The third-order valence-corrected chi connectivity index (χ3v) is 10.0. The van der Waals surface area contributed by atoms with Crippen LogP contribution in [0.5, 0.6) is 5.75 Å². The molecule has 4 aromatic rings. The topological polar surface area (TPSA) is 70.8 Å². The summed E-state index contributed by atoms with van der Waals surface area (Å²) in [4.78, 5) is 18.7. The summed E-state index contributed by atoms with van der Waals surface area (Å²) in [7, 11) is 0. The van der Waals surface area contributed by atoms with Crippen LogP contribution in [-0.2, 0) is 21.8 Å². The zero-order chi connectivity index (χ0) is 33.8. The molecule has 3 aromatic carbocycles. The number of ether oxygens (including phenoxy) is 3. The van der Waals surface area contributed by atoms with E-state index in [9.17, 15) is 0 Å². The Morgan fingerprint density at radius 1 is 0.857 bits per heavy atom. The zero-order valence-electron chi connectivity index (χ0n) is 28.0. The summed E-state index contributed by atoms with van der Waals surface area (Å²) in [5, 5.41) is 1.04. The van der Waals surface area contributed by atoms with E-state index in [4.69, 9.17) is 42.4 Å². The first-order chi connectivity index (χ1) is 23.9. The number of rotatable bonds is 11. The van der Waals surface area contributed by atoms with Gasteiger partial charge in [0.25, 0.3) is 0 Å². The Labute approximate surface area is 298 Å². The lowest BCUT2D eigenvalue weighted by molar-refractivity contribution is -0.189. The van der Waals surface area contributed by atoms with Crippen molar-refractivity contribution >= 4 is 46.2 Å². The first kappa shape index (κ1) is 33.5. The summed E-state index contributed by atoms with van der Waals surface area (Å²) in [5.41, 5.74) is 4.15. The van der Waals surface area contributed by atoms with Crippen molar-refractivity contribution < 1.29 is 14.2 Å². The second kappa shape index (κ2) is 14.9. The van der Waals surface area contributed by atoms with Crippen LogP contribution in [0.3, 0.4) is 0 Å². The number of hydrogen-bond donors (Lipinski definition) is 0. The number of benzene rings is 3. The van der Waals surface area contributed by atoms with Crippen LogP contribution in [0.25, 0.3) is 0 Å². The summed E-state index contributed by atoms with van der Waals surface area (Å²) in [6.45, 7) is 13.3. The minimum absolute atomic E-state index is 0.288. The number of aromatic nitrogens is 2. The van der Waals surface area contributed by atoms with Gasteiger partial charge in [-0.25, -0.2) is 9.98 Å². The van der Waals surface area contributed by atoms with Crippen molar-refractivity contribution in [1.29, 1.82) is 0 Å². The molecule has 3 saturated heterocycles. The van der Waals surface area contributed by atoms with Gasteiger partial charge in [-0.05, 0) is 74.5 Å². The normalized spacial score (nSPS) is 21.1. The van der Waals surface area contributed by atoms with Crippen LogP contribution >= 0.6 is 23.2 Å². The third-order valence-electron chi connectivity index (χ3n) is 9.48. The monoisotopic (exact) mass is 703 g/mol. The smallest absolute Gasteiger partial charge is 0.215 e. The van der Waals surface area contributed by atoms with Crippen molar-refractivity contribution in [2.45, 2.75) is 32.3 Å². The van der Waals surface area contributed by atoms with Crippen molar-refractivity contribution in [2.24, 2.45) is 4.99 Å². The second-order valence-electron chi connectivity index (χ2n) is 12.5. The second-order valence-corrected chi connectivity index (χ2v) is 13.4. The molecule has 0 aliphatic carbocycles. The molecule has 1 aromatic heterocycles. The van der Waals surface area contributed by atoms with Crippen molar-refractivity contribution in [1.82, 2.24) is 19.4 Å². The van der Waals surface area contributed by atoms with Gasteiger partial charge in [-0.15, -0.1) is 0 Å². The van der Waals surface area contributed by atoms with Gasteiger partial charge in [0.15, 0.2) is 0 Å². The van der Waals surface area contributed by atoms with Crippen LogP contribution in [0.1, 0.15) is 19.4 Å². The standard InChI is InChI=1S/C37H43Cl2N7O3/c1-3-43-17-18-44(4-2)36(43)41-29-6-8-30(9-7-29)45-19-21-46(22-20-45)31-10-12-32(13-11-31)47-24-33-25-48-37(49-33,26-42-16-15-40-27-42)34-14-5-28(38)23-35(34)39/h5-16,23,27,33H,3-4,17-22,24-26H2,1-2H3. The van der Waals surface area contributed by atoms with Crippen LogP contribution in [0.15, 0.2) is 90.4 Å². The van der Waals surface area contributed by atoms with Gasteiger partial charge in [0.05, 0.1) is 30.2 Å². The molecule has 258 valence electrons. The van der Waals surface area contributed by atoms with E-state index >= 15 is 0 Å². The quantitative estimate of drug-likeness (QED) is 0.175. The summed E-state index contributed by atoms with van der Waals surface area (Å²) < 4.78 is 20.9. The number of guanidine groups is 1. The first-order valence-corrected chi connectivity index (χ1v) is 17.8. The molecule has 0 radical (unpaired) electrons. The van der Waals surface area contributed by atoms with E-state index in [-0.39, 0.29) is 6.10 Å². The highest BCUT2D eigenvalue weighted by Gasteiger charge is 2.45. The molecular weight excluding hydrogens is 661 g/mol. The Balaban J connectivity index is 0.918. The Kier molecular flexibility index (Phi) is 10.2. The van der Waals surface area contributed by atoms with Gasteiger partial charge in [-0.1, -0.05) is 29.3 Å². The number of halogens is 2. The Bertz CT molecular complexity index is 1700. The van der Waals surface area contributed by atoms with Crippen LogP contribution in [-0.4, -0.2) is 97.0 Å². The third kappa shape index (κ3) is 7.48. The van der Waals surface area contributed by atoms with E-state index in [2.05, 4.69) is 74.8 Å². The molecule has 0 spiro atoms.